The quantitative estimate of drug-likeness (QED) is 0.535. The monoisotopic (exact) mass is 295 g/mol. The molecule has 1 nitrogen and oxygen atoms in total. The molecule has 0 bridgehead atoms. The maximum Gasteiger partial charge on any atom is -1.00 e. The molecule has 0 aromatic rings. The second-order valence-electron chi connectivity index (χ2n) is 3.99. The molecule has 0 aromatic carbocycles. The van der Waals surface area contributed by atoms with E-state index in [2.05, 4.69) is 59.9 Å². The van der Waals surface area contributed by atoms with E-state index in [1.807, 2.05) is 0 Å². The number of rotatable bonds is 3. The largest absolute Gasteiger partial charge is 1.00 e. The van der Waals surface area contributed by atoms with Gasteiger partial charge < -0.3 is 24.8 Å². The van der Waals surface area contributed by atoms with Crippen LogP contribution in [-0.4, -0.2) is 10.5 Å². The summed E-state index contributed by atoms with van der Waals surface area (Å²) < 4.78 is 1.39. The van der Waals surface area contributed by atoms with Crippen molar-refractivity contribution in [2.24, 2.45) is 5.92 Å². The van der Waals surface area contributed by atoms with Gasteiger partial charge in [-0.05, 0) is 0 Å². The van der Waals surface area contributed by atoms with Gasteiger partial charge in [-0.25, -0.2) is 0 Å². The van der Waals surface area contributed by atoms with E-state index in [9.17, 15) is 0 Å². The minimum absolute atomic E-state index is 0. The average molecular weight is 296 g/mol. The van der Waals surface area contributed by atoms with E-state index < -0.39 is 0 Å². The minimum atomic E-state index is 0. The van der Waals surface area contributed by atoms with Crippen LogP contribution in [0.5, 0.6) is 0 Å². The standard InChI is InChI=1S/C12H19N.2ClH.Ti/c1-6-13-7-12-10(4)8(2)9(3)11(12)5;;;/h12-13H,6H2,1-5H3;2*1H;/q;;;+2/p-2. The van der Waals surface area contributed by atoms with Gasteiger partial charge in [0, 0.05) is 0 Å². The van der Waals surface area contributed by atoms with Gasteiger partial charge in [-0.1, -0.05) is 0 Å². The van der Waals surface area contributed by atoms with Gasteiger partial charge >= 0.3 is 98.6 Å². The predicted octanol–water partition coefficient (Wildman–Crippen LogP) is -3.42. The van der Waals surface area contributed by atoms with Crippen LogP contribution in [0.3, 0.4) is 0 Å². The van der Waals surface area contributed by atoms with E-state index in [1.54, 1.807) is 0 Å². The second kappa shape index (κ2) is 7.84. The number of hydrogen-bond donors (Lipinski definition) is 1. The first-order chi connectivity index (χ1) is 6.50. The molecule has 0 aromatic heterocycles. The average Bonchev–Trinajstić information content (AvgIpc) is 2.32. The first kappa shape index (κ1) is 19.0. The molecule has 4 heteroatoms. The maximum absolute atomic E-state index is 3.44. The number of hydrogen-bond acceptors (Lipinski definition) is 1. The Bertz CT molecular complexity index is 308. The third-order valence-electron chi connectivity index (χ3n) is 3.27. The molecule has 0 atom stereocenters. The van der Waals surface area contributed by atoms with Gasteiger partial charge in [0.05, 0.1) is 0 Å². The van der Waals surface area contributed by atoms with Crippen LogP contribution in [0.1, 0.15) is 34.6 Å². The fourth-order valence-electron chi connectivity index (χ4n) is 2.07. The summed E-state index contributed by atoms with van der Waals surface area (Å²) in [6, 6.07) is 0. The summed E-state index contributed by atoms with van der Waals surface area (Å²) in [7, 11) is 0. The fraction of sp³-hybridized carbons (Fsp3) is 0.583. The van der Waals surface area contributed by atoms with Crippen LogP contribution in [0, 0.1) is 5.92 Å². The molecule has 0 unspecified atom stereocenters. The molecule has 0 radical (unpaired) electrons. The van der Waals surface area contributed by atoms with Crippen molar-refractivity contribution in [2.45, 2.75) is 34.6 Å². The van der Waals surface area contributed by atoms with Crippen LogP contribution < -0.4 is 30.1 Å². The van der Waals surface area contributed by atoms with Gasteiger partial charge in [0.25, 0.3) is 0 Å². The van der Waals surface area contributed by atoms with Crippen LogP contribution in [-0.2, 0) is 20.0 Å². The molecule has 0 aliphatic heterocycles. The maximum atomic E-state index is 3.44. The Morgan fingerprint density at radius 1 is 1.06 bits per heavy atom. The summed E-state index contributed by atoms with van der Waals surface area (Å²) in [5.41, 5.74) is 5.98. The van der Waals surface area contributed by atoms with Crippen molar-refractivity contribution in [3.8, 4) is 0 Å². The number of halogens is 2. The zero-order valence-corrected chi connectivity index (χ0v) is 13.6. The van der Waals surface area contributed by atoms with Gasteiger partial charge in [0.2, 0.25) is 0 Å². The topological polar surface area (TPSA) is 12.0 Å². The van der Waals surface area contributed by atoms with E-state index in [-0.39, 0.29) is 24.8 Å². The van der Waals surface area contributed by atoms with E-state index in [1.165, 1.54) is 26.2 Å². The Balaban J connectivity index is 0. The van der Waals surface area contributed by atoms with Gasteiger partial charge in [0.15, 0.2) is 0 Å². The zero-order valence-electron chi connectivity index (χ0n) is 10.5. The summed E-state index contributed by atoms with van der Waals surface area (Å²) in [4.78, 5) is 0. The first-order valence-corrected chi connectivity index (χ1v) is 5.96. The van der Waals surface area contributed by atoms with Crippen LogP contribution >= 0.6 is 0 Å². The predicted molar refractivity (Wildman–Crippen MR) is 58.9 cm³/mol. The van der Waals surface area contributed by atoms with Crippen LogP contribution in [0.15, 0.2) is 22.3 Å². The summed E-state index contributed by atoms with van der Waals surface area (Å²) in [5, 5.41) is 3.44. The molecule has 0 fully saturated rings. The van der Waals surface area contributed by atoms with Gasteiger partial charge in [-0.15, -0.1) is 0 Å². The third kappa shape index (κ3) is 3.55. The van der Waals surface area contributed by atoms with Crippen molar-refractivity contribution in [1.82, 2.24) is 5.32 Å². The number of nitrogens with one attached hydrogen (secondary N) is 1. The van der Waals surface area contributed by atoms with Gasteiger partial charge in [-0.3, -0.25) is 0 Å². The van der Waals surface area contributed by atoms with Crippen LogP contribution in [0.4, 0.5) is 0 Å². The van der Waals surface area contributed by atoms with Gasteiger partial charge in [-0.2, -0.15) is 0 Å². The molecule has 1 N–H and O–H groups in total. The Morgan fingerprint density at radius 2 is 1.44 bits per heavy atom. The molecule has 0 spiro atoms. The van der Waals surface area contributed by atoms with Crippen molar-refractivity contribution in [3.63, 3.8) is 0 Å². The molecule has 1 aliphatic carbocycles. The van der Waals surface area contributed by atoms with E-state index >= 15 is 0 Å². The Morgan fingerprint density at radius 3 is 1.75 bits per heavy atom. The Kier molecular flexibility index (Phi) is 9.29. The summed E-state index contributed by atoms with van der Waals surface area (Å²) in [6.07, 6.45) is 0. The molecule has 1 rings (SSSR count). The van der Waals surface area contributed by atoms with Crippen LogP contribution in [0.25, 0.3) is 0 Å². The van der Waals surface area contributed by atoms with Crippen molar-refractivity contribution in [1.29, 1.82) is 0 Å². The minimum Gasteiger partial charge on any atom is -1.00 e. The molecule has 0 amide bonds. The molecule has 16 heavy (non-hydrogen) atoms. The Hall–Kier alpha value is 0.604. The molecule has 0 heterocycles. The SMILES string of the molecule is CCN[C](=[Ti+2])C1C(C)=C(C)C(C)=C1C.[Cl-].[Cl-]. The fourth-order valence-corrected chi connectivity index (χ4v) is 3.03. The van der Waals surface area contributed by atoms with Crippen LogP contribution in [0.2, 0.25) is 0 Å². The molecular formula is C12H19Cl2NTi. The van der Waals surface area contributed by atoms with Crippen molar-refractivity contribution >= 4 is 3.94 Å². The van der Waals surface area contributed by atoms with Crippen molar-refractivity contribution < 1.29 is 44.8 Å². The second-order valence-corrected chi connectivity index (χ2v) is 4.83. The summed E-state index contributed by atoms with van der Waals surface area (Å²) in [6.45, 7) is 12.1. The van der Waals surface area contributed by atoms with E-state index in [0.717, 1.165) is 6.54 Å². The Labute approximate surface area is 123 Å². The molecule has 0 saturated heterocycles. The first-order valence-electron chi connectivity index (χ1n) is 5.18. The van der Waals surface area contributed by atoms with E-state index in [0.29, 0.717) is 5.92 Å². The molecule has 90 valence electrons. The smallest absolute Gasteiger partial charge is 1.00 e. The third-order valence-corrected chi connectivity index (χ3v) is 3.99. The van der Waals surface area contributed by atoms with Gasteiger partial charge in [0.1, 0.15) is 0 Å². The summed E-state index contributed by atoms with van der Waals surface area (Å²) >= 11 is 2.20. The van der Waals surface area contributed by atoms with Crippen molar-refractivity contribution in [2.75, 3.05) is 6.54 Å². The van der Waals surface area contributed by atoms with E-state index in [4.69, 9.17) is 0 Å². The molecule has 1 aliphatic rings. The molecular weight excluding hydrogens is 277 g/mol. The normalized spacial score (nSPS) is 16.2. The molecule has 0 saturated carbocycles. The van der Waals surface area contributed by atoms with Crippen molar-refractivity contribution in [3.05, 3.63) is 22.3 Å². The number of allylic oxidation sites excluding steroid dienone is 2. The summed E-state index contributed by atoms with van der Waals surface area (Å²) in [5.74, 6) is 0.537. The zero-order chi connectivity index (χ0) is 10.9.